The number of carboxylic acid groups (broad SMARTS) is 1. The zero-order valence-electron chi connectivity index (χ0n) is 7.88. The lowest BCUT2D eigenvalue weighted by atomic mass is 10.0. The Morgan fingerprint density at radius 2 is 2.13 bits per heavy atom. The van der Waals surface area contributed by atoms with Gasteiger partial charge in [-0.15, -0.1) is 0 Å². The molecule has 0 saturated heterocycles. The van der Waals surface area contributed by atoms with Crippen LogP contribution in [0, 0.1) is 17.0 Å². The van der Waals surface area contributed by atoms with Crippen molar-refractivity contribution < 1.29 is 19.9 Å². The Morgan fingerprint density at radius 3 is 2.60 bits per heavy atom. The van der Waals surface area contributed by atoms with E-state index in [0.717, 1.165) is 0 Å². The molecule has 0 fully saturated rings. The van der Waals surface area contributed by atoms with E-state index in [0.29, 0.717) is 0 Å². The van der Waals surface area contributed by atoms with Gasteiger partial charge in [0.15, 0.2) is 6.10 Å². The van der Waals surface area contributed by atoms with Gasteiger partial charge in [-0.25, -0.2) is 4.79 Å². The number of rotatable bonds is 3. The fourth-order valence-corrected chi connectivity index (χ4v) is 1.27. The second-order valence-electron chi connectivity index (χ2n) is 2.99. The molecule has 1 aromatic rings. The van der Waals surface area contributed by atoms with Crippen LogP contribution in [-0.2, 0) is 4.79 Å². The molecule has 6 heteroatoms. The van der Waals surface area contributed by atoms with Crippen molar-refractivity contribution in [3.05, 3.63) is 39.4 Å². The molecular formula is C9H9NO5. The number of hydrogen-bond acceptors (Lipinski definition) is 4. The number of benzene rings is 1. The largest absolute Gasteiger partial charge is 0.479 e. The first kappa shape index (κ1) is 11.1. The zero-order valence-corrected chi connectivity index (χ0v) is 7.88. The average molecular weight is 211 g/mol. The summed E-state index contributed by atoms with van der Waals surface area (Å²) in [6.07, 6.45) is -1.73. The standard InChI is InChI=1S/C9H9NO5/c1-5-6(8(11)9(12)13)3-2-4-7(5)10(14)15/h2-4,8,11H,1H3,(H,12,13). The molecule has 1 atom stereocenters. The van der Waals surface area contributed by atoms with Crippen molar-refractivity contribution in [2.45, 2.75) is 13.0 Å². The number of nitro groups is 1. The van der Waals surface area contributed by atoms with Crippen molar-refractivity contribution in [3.63, 3.8) is 0 Å². The van der Waals surface area contributed by atoms with Crippen molar-refractivity contribution in [1.82, 2.24) is 0 Å². The second-order valence-corrected chi connectivity index (χ2v) is 2.99. The van der Waals surface area contributed by atoms with Gasteiger partial charge in [0.2, 0.25) is 0 Å². The maximum Gasteiger partial charge on any atom is 0.337 e. The predicted octanol–water partition coefficient (Wildman–Crippen LogP) is 1.02. The van der Waals surface area contributed by atoms with Crippen LogP contribution in [0.4, 0.5) is 5.69 Å². The van der Waals surface area contributed by atoms with Gasteiger partial charge in [-0.05, 0) is 6.92 Å². The van der Waals surface area contributed by atoms with Crippen LogP contribution in [-0.4, -0.2) is 21.1 Å². The molecule has 0 aliphatic carbocycles. The molecule has 0 spiro atoms. The summed E-state index contributed by atoms with van der Waals surface area (Å²) >= 11 is 0. The molecule has 1 unspecified atom stereocenters. The van der Waals surface area contributed by atoms with E-state index in [4.69, 9.17) is 5.11 Å². The van der Waals surface area contributed by atoms with E-state index >= 15 is 0 Å². The first-order chi connectivity index (χ1) is 6.95. The van der Waals surface area contributed by atoms with Crippen LogP contribution in [0.15, 0.2) is 18.2 Å². The Bertz CT molecular complexity index is 415. The summed E-state index contributed by atoms with van der Waals surface area (Å²) in [5.74, 6) is -1.43. The van der Waals surface area contributed by atoms with Crippen molar-refractivity contribution in [2.75, 3.05) is 0 Å². The highest BCUT2D eigenvalue weighted by Crippen LogP contribution is 2.25. The molecule has 0 heterocycles. The minimum Gasteiger partial charge on any atom is -0.479 e. The lowest BCUT2D eigenvalue weighted by molar-refractivity contribution is -0.385. The number of nitro benzene ring substituents is 1. The van der Waals surface area contributed by atoms with Crippen molar-refractivity contribution in [1.29, 1.82) is 0 Å². The first-order valence-corrected chi connectivity index (χ1v) is 4.10. The van der Waals surface area contributed by atoms with Crippen molar-refractivity contribution in [3.8, 4) is 0 Å². The minimum absolute atomic E-state index is 0.0386. The third kappa shape index (κ3) is 2.10. The van der Waals surface area contributed by atoms with Gasteiger partial charge in [0, 0.05) is 17.2 Å². The summed E-state index contributed by atoms with van der Waals surface area (Å²) in [5.41, 5.74) is 0.00176. The third-order valence-corrected chi connectivity index (χ3v) is 2.07. The van der Waals surface area contributed by atoms with E-state index in [1.54, 1.807) is 0 Å². The smallest absolute Gasteiger partial charge is 0.337 e. The second kappa shape index (κ2) is 4.05. The Morgan fingerprint density at radius 1 is 1.53 bits per heavy atom. The number of nitrogens with zero attached hydrogens (tertiary/aromatic N) is 1. The van der Waals surface area contributed by atoms with E-state index in [1.807, 2.05) is 0 Å². The number of aliphatic hydroxyl groups is 1. The van der Waals surface area contributed by atoms with Crippen molar-refractivity contribution in [2.24, 2.45) is 0 Å². The van der Waals surface area contributed by atoms with E-state index in [9.17, 15) is 20.0 Å². The van der Waals surface area contributed by atoms with E-state index in [-0.39, 0.29) is 16.8 Å². The van der Waals surface area contributed by atoms with Gasteiger partial charge in [0.1, 0.15) is 0 Å². The zero-order chi connectivity index (χ0) is 11.6. The molecule has 0 saturated carbocycles. The lowest BCUT2D eigenvalue weighted by Gasteiger charge is -2.08. The molecule has 0 aromatic heterocycles. The Balaban J connectivity index is 3.26. The molecule has 0 radical (unpaired) electrons. The van der Waals surface area contributed by atoms with Crippen LogP contribution in [0.25, 0.3) is 0 Å². The molecule has 15 heavy (non-hydrogen) atoms. The fourth-order valence-electron chi connectivity index (χ4n) is 1.27. The number of aliphatic hydroxyl groups excluding tert-OH is 1. The highest BCUT2D eigenvalue weighted by molar-refractivity contribution is 5.75. The number of carboxylic acids is 1. The highest BCUT2D eigenvalue weighted by Gasteiger charge is 2.22. The molecule has 0 amide bonds. The summed E-state index contributed by atoms with van der Waals surface area (Å²) in [5, 5.41) is 28.4. The van der Waals surface area contributed by atoms with Gasteiger partial charge < -0.3 is 10.2 Å². The fraction of sp³-hybridized carbons (Fsp3) is 0.222. The van der Waals surface area contributed by atoms with Gasteiger partial charge in [0.25, 0.3) is 5.69 Å². The maximum absolute atomic E-state index is 10.5. The number of aliphatic carboxylic acids is 1. The monoisotopic (exact) mass is 211 g/mol. The summed E-state index contributed by atoms with van der Waals surface area (Å²) in [6.45, 7) is 1.40. The van der Waals surface area contributed by atoms with Crippen LogP contribution in [0.5, 0.6) is 0 Å². The minimum atomic E-state index is -1.73. The topological polar surface area (TPSA) is 101 Å². The SMILES string of the molecule is Cc1c(C(O)C(=O)O)cccc1[N+](=O)[O-]. The predicted molar refractivity (Wildman–Crippen MR) is 50.4 cm³/mol. The summed E-state index contributed by atoms with van der Waals surface area (Å²) < 4.78 is 0. The van der Waals surface area contributed by atoms with Gasteiger partial charge in [-0.1, -0.05) is 12.1 Å². The first-order valence-electron chi connectivity index (χ1n) is 4.10. The summed E-state index contributed by atoms with van der Waals surface area (Å²) in [4.78, 5) is 20.4. The average Bonchev–Trinajstić information content (AvgIpc) is 2.16. The molecule has 0 aliphatic rings. The molecule has 6 nitrogen and oxygen atoms in total. The Kier molecular flexibility index (Phi) is 3.01. The molecule has 1 rings (SSSR count). The van der Waals surface area contributed by atoms with Gasteiger partial charge in [-0.3, -0.25) is 10.1 Å². The summed E-state index contributed by atoms with van der Waals surface area (Å²) in [7, 11) is 0. The molecule has 0 bridgehead atoms. The van der Waals surface area contributed by atoms with Crippen LogP contribution < -0.4 is 0 Å². The number of carbonyl (C=O) groups is 1. The lowest BCUT2D eigenvalue weighted by Crippen LogP contribution is -2.12. The molecule has 1 aromatic carbocycles. The van der Waals surface area contributed by atoms with E-state index in [2.05, 4.69) is 0 Å². The Hall–Kier alpha value is -1.95. The van der Waals surface area contributed by atoms with E-state index in [1.165, 1.54) is 25.1 Å². The highest BCUT2D eigenvalue weighted by atomic mass is 16.6. The summed E-state index contributed by atoms with van der Waals surface area (Å²) in [6, 6.07) is 3.95. The molecular weight excluding hydrogens is 202 g/mol. The van der Waals surface area contributed by atoms with Crippen LogP contribution >= 0.6 is 0 Å². The normalized spacial score (nSPS) is 12.1. The maximum atomic E-state index is 10.5. The molecule has 80 valence electrons. The van der Waals surface area contributed by atoms with Gasteiger partial charge >= 0.3 is 5.97 Å². The molecule has 2 N–H and O–H groups in total. The van der Waals surface area contributed by atoms with Gasteiger partial charge in [0.05, 0.1) is 4.92 Å². The van der Waals surface area contributed by atoms with Crippen LogP contribution in [0.2, 0.25) is 0 Å². The van der Waals surface area contributed by atoms with E-state index < -0.39 is 17.0 Å². The Labute approximate surface area is 84.9 Å². The third-order valence-electron chi connectivity index (χ3n) is 2.07. The van der Waals surface area contributed by atoms with Crippen molar-refractivity contribution >= 4 is 11.7 Å². The quantitative estimate of drug-likeness (QED) is 0.574. The van der Waals surface area contributed by atoms with Crippen LogP contribution in [0.1, 0.15) is 17.2 Å². The number of hydrogen-bond donors (Lipinski definition) is 2. The van der Waals surface area contributed by atoms with Crippen LogP contribution in [0.3, 0.4) is 0 Å². The molecule has 0 aliphatic heterocycles. The van der Waals surface area contributed by atoms with Gasteiger partial charge in [-0.2, -0.15) is 0 Å².